The first-order valence-electron chi connectivity index (χ1n) is 6.24. The fraction of sp³-hybridized carbons (Fsp3) is 0.125. The van der Waals surface area contributed by atoms with Crippen LogP contribution in [0.4, 0.5) is 4.39 Å². The second kappa shape index (κ2) is 5.38. The van der Waals surface area contributed by atoms with Crippen molar-refractivity contribution in [3.63, 3.8) is 0 Å². The van der Waals surface area contributed by atoms with E-state index in [1.807, 2.05) is 24.3 Å². The molecule has 0 bridgehead atoms. The van der Waals surface area contributed by atoms with Gasteiger partial charge >= 0.3 is 0 Å². The minimum atomic E-state index is -0.789. The molecule has 0 saturated carbocycles. The number of hydrogen-bond donors (Lipinski definition) is 1. The Morgan fingerprint density at radius 1 is 1.15 bits per heavy atom. The largest absolute Gasteiger partial charge is 0.455 e. The van der Waals surface area contributed by atoms with Crippen molar-refractivity contribution in [2.45, 2.75) is 12.5 Å². The maximum Gasteiger partial charge on any atom is 0.170 e. The second-order valence-corrected chi connectivity index (χ2v) is 5.57. The molecule has 3 rings (SSSR count). The summed E-state index contributed by atoms with van der Waals surface area (Å²) in [5.41, 5.74) is 1.18. The number of fused-ring (bicyclic) bond motifs is 1. The van der Waals surface area contributed by atoms with Gasteiger partial charge in [0.05, 0.1) is 0 Å². The van der Waals surface area contributed by atoms with E-state index >= 15 is 0 Å². The van der Waals surface area contributed by atoms with Crippen molar-refractivity contribution in [3.8, 4) is 0 Å². The summed E-state index contributed by atoms with van der Waals surface area (Å²) in [6.45, 7) is 0. The molecule has 20 heavy (non-hydrogen) atoms. The molecule has 1 N–H and O–H groups in total. The number of furan rings is 1. The zero-order chi connectivity index (χ0) is 14.1. The summed E-state index contributed by atoms with van der Waals surface area (Å²) in [6, 6.07) is 14.1. The van der Waals surface area contributed by atoms with Crippen molar-refractivity contribution in [3.05, 3.63) is 70.1 Å². The number of aliphatic hydroxyl groups is 1. The number of hydrogen-bond acceptors (Lipinski definition) is 2. The maximum absolute atomic E-state index is 13.6. The molecule has 0 aliphatic heterocycles. The lowest BCUT2D eigenvalue weighted by Crippen LogP contribution is -2.00. The molecule has 1 unspecified atom stereocenters. The first kappa shape index (κ1) is 13.3. The number of rotatable bonds is 3. The van der Waals surface area contributed by atoms with Gasteiger partial charge in [-0.25, -0.2) is 4.39 Å². The third kappa shape index (κ3) is 2.62. The average Bonchev–Trinajstić information content (AvgIpc) is 2.87. The lowest BCUT2D eigenvalue weighted by molar-refractivity contribution is 0.152. The highest BCUT2D eigenvalue weighted by atomic mass is 79.9. The van der Waals surface area contributed by atoms with E-state index in [2.05, 4.69) is 15.9 Å². The number of halogens is 2. The molecule has 3 aromatic rings. The number of para-hydroxylation sites is 1. The quantitative estimate of drug-likeness (QED) is 0.758. The predicted octanol–water partition coefficient (Wildman–Crippen LogP) is 4.61. The van der Waals surface area contributed by atoms with Crippen molar-refractivity contribution < 1.29 is 13.9 Å². The molecule has 2 aromatic carbocycles. The fourth-order valence-corrected chi connectivity index (χ4v) is 2.42. The summed E-state index contributed by atoms with van der Waals surface area (Å²) in [4.78, 5) is 0. The lowest BCUT2D eigenvalue weighted by atomic mass is 10.1. The SMILES string of the molecule is OC(Cc1ccc(Br)cc1)c1cc2cccc(F)c2o1. The Hall–Kier alpha value is -1.65. The van der Waals surface area contributed by atoms with Crippen molar-refractivity contribution in [1.29, 1.82) is 0 Å². The molecular weight excluding hydrogens is 323 g/mol. The summed E-state index contributed by atoms with van der Waals surface area (Å²) in [7, 11) is 0. The number of aliphatic hydroxyl groups excluding tert-OH is 1. The Balaban J connectivity index is 1.86. The van der Waals surface area contributed by atoms with Crippen LogP contribution in [0.2, 0.25) is 0 Å². The van der Waals surface area contributed by atoms with Gasteiger partial charge in [-0.2, -0.15) is 0 Å². The Morgan fingerprint density at radius 3 is 2.60 bits per heavy atom. The number of benzene rings is 2. The fourth-order valence-electron chi connectivity index (χ4n) is 2.16. The van der Waals surface area contributed by atoms with Gasteiger partial charge in [-0.15, -0.1) is 0 Å². The van der Waals surface area contributed by atoms with Gasteiger partial charge < -0.3 is 9.52 Å². The van der Waals surface area contributed by atoms with Gasteiger partial charge in [-0.1, -0.05) is 40.2 Å². The summed E-state index contributed by atoms with van der Waals surface area (Å²) >= 11 is 3.37. The van der Waals surface area contributed by atoms with Crippen molar-refractivity contribution in [2.75, 3.05) is 0 Å². The van der Waals surface area contributed by atoms with Crippen LogP contribution in [0.1, 0.15) is 17.4 Å². The van der Waals surface area contributed by atoms with E-state index in [4.69, 9.17) is 4.42 Å². The van der Waals surface area contributed by atoms with E-state index in [9.17, 15) is 9.50 Å². The normalized spacial score (nSPS) is 12.8. The highest BCUT2D eigenvalue weighted by Crippen LogP contribution is 2.28. The van der Waals surface area contributed by atoms with Gasteiger partial charge in [0, 0.05) is 16.3 Å². The van der Waals surface area contributed by atoms with Gasteiger partial charge in [0.2, 0.25) is 0 Å². The van der Waals surface area contributed by atoms with E-state index in [0.29, 0.717) is 17.6 Å². The highest BCUT2D eigenvalue weighted by Gasteiger charge is 2.15. The standard InChI is InChI=1S/C16H12BrFO2/c17-12-6-4-10(5-7-12)8-14(19)15-9-11-2-1-3-13(18)16(11)20-15/h1-7,9,14,19H,8H2. The Morgan fingerprint density at radius 2 is 1.90 bits per heavy atom. The van der Waals surface area contributed by atoms with E-state index in [1.54, 1.807) is 18.2 Å². The summed E-state index contributed by atoms with van der Waals surface area (Å²) in [5, 5.41) is 10.9. The molecule has 1 aromatic heterocycles. The van der Waals surface area contributed by atoms with Gasteiger partial charge in [-0.05, 0) is 29.8 Å². The molecule has 1 atom stereocenters. The molecular formula is C16H12BrFO2. The first-order chi connectivity index (χ1) is 9.63. The topological polar surface area (TPSA) is 33.4 Å². The van der Waals surface area contributed by atoms with Crippen LogP contribution in [0.5, 0.6) is 0 Å². The smallest absolute Gasteiger partial charge is 0.170 e. The molecule has 0 fully saturated rings. The molecule has 0 amide bonds. The van der Waals surface area contributed by atoms with Crippen LogP contribution in [0.3, 0.4) is 0 Å². The zero-order valence-electron chi connectivity index (χ0n) is 10.5. The van der Waals surface area contributed by atoms with Crippen LogP contribution in [-0.2, 0) is 6.42 Å². The van der Waals surface area contributed by atoms with E-state index in [1.165, 1.54) is 6.07 Å². The highest BCUT2D eigenvalue weighted by molar-refractivity contribution is 9.10. The van der Waals surface area contributed by atoms with Crippen molar-refractivity contribution in [1.82, 2.24) is 0 Å². The summed E-state index contributed by atoms with van der Waals surface area (Å²) in [5.74, 6) is -0.0300. The van der Waals surface area contributed by atoms with Gasteiger partial charge in [0.15, 0.2) is 11.4 Å². The van der Waals surface area contributed by atoms with E-state index < -0.39 is 11.9 Å². The summed E-state index contributed by atoms with van der Waals surface area (Å²) < 4.78 is 20.0. The Kier molecular flexibility index (Phi) is 3.59. The third-order valence-electron chi connectivity index (χ3n) is 3.19. The second-order valence-electron chi connectivity index (χ2n) is 4.65. The first-order valence-corrected chi connectivity index (χ1v) is 7.03. The Labute approximate surface area is 124 Å². The molecule has 0 radical (unpaired) electrons. The molecule has 0 saturated heterocycles. The molecule has 0 aliphatic rings. The molecule has 1 heterocycles. The van der Waals surface area contributed by atoms with Crippen LogP contribution >= 0.6 is 15.9 Å². The van der Waals surface area contributed by atoms with Crippen LogP contribution in [-0.4, -0.2) is 5.11 Å². The predicted molar refractivity (Wildman–Crippen MR) is 79.0 cm³/mol. The van der Waals surface area contributed by atoms with Crippen LogP contribution in [0.15, 0.2) is 57.4 Å². The maximum atomic E-state index is 13.6. The average molecular weight is 335 g/mol. The molecule has 0 spiro atoms. The third-order valence-corrected chi connectivity index (χ3v) is 3.71. The molecule has 2 nitrogen and oxygen atoms in total. The van der Waals surface area contributed by atoms with Crippen molar-refractivity contribution >= 4 is 26.9 Å². The van der Waals surface area contributed by atoms with Crippen LogP contribution in [0, 0.1) is 5.82 Å². The minimum Gasteiger partial charge on any atom is -0.455 e. The monoisotopic (exact) mass is 334 g/mol. The van der Waals surface area contributed by atoms with Crippen LogP contribution in [0.25, 0.3) is 11.0 Å². The summed E-state index contributed by atoms with van der Waals surface area (Å²) in [6.07, 6.45) is -0.364. The molecule has 0 aliphatic carbocycles. The van der Waals surface area contributed by atoms with Gasteiger partial charge in [-0.3, -0.25) is 0 Å². The van der Waals surface area contributed by atoms with E-state index in [-0.39, 0.29) is 5.58 Å². The minimum absolute atomic E-state index is 0.192. The zero-order valence-corrected chi connectivity index (χ0v) is 12.1. The lowest BCUT2D eigenvalue weighted by Gasteiger charge is -2.07. The van der Waals surface area contributed by atoms with Gasteiger partial charge in [0.1, 0.15) is 11.9 Å². The van der Waals surface area contributed by atoms with Crippen LogP contribution < -0.4 is 0 Å². The van der Waals surface area contributed by atoms with E-state index in [0.717, 1.165) is 10.0 Å². The van der Waals surface area contributed by atoms with Gasteiger partial charge in [0.25, 0.3) is 0 Å². The molecule has 4 heteroatoms. The molecule has 102 valence electrons. The Bertz CT molecular complexity index is 734. The van der Waals surface area contributed by atoms with Crippen molar-refractivity contribution in [2.24, 2.45) is 0 Å².